The molecule has 0 aliphatic carbocycles. The van der Waals surface area contributed by atoms with Crippen molar-refractivity contribution in [1.29, 1.82) is 0 Å². The van der Waals surface area contributed by atoms with Gasteiger partial charge in [-0.15, -0.1) is 0 Å². The van der Waals surface area contributed by atoms with Crippen LogP contribution in [-0.2, 0) is 4.74 Å². The van der Waals surface area contributed by atoms with Gasteiger partial charge in [0, 0.05) is 17.7 Å². The normalized spacial score (nSPS) is 20.2. The standard InChI is InChI=1S/C17H26ClNO/c1-3-19-17(8-4-6-15-7-5-11-20-15)16-10-9-14(18)12-13(16)2/h9-10,12,15,17,19H,3-8,11H2,1-2H3. The summed E-state index contributed by atoms with van der Waals surface area (Å²) in [4.78, 5) is 0. The summed E-state index contributed by atoms with van der Waals surface area (Å²) in [6.07, 6.45) is 6.54. The molecule has 1 heterocycles. The van der Waals surface area contributed by atoms with E-state index in [9.17, 15) is 0 Å². The topological polar surface area (TPSA) is 21.3 Å². The first kappa shape index (κ1) is 15.8. The van der Waals surface area contributed by atoms with Crippen LogP contribution in [0.4, 0.5) is 0 Å². The van der Waals surface area contributed by atoms with Crippen molar-refractivity contribution in [3.05, 3.63) is 34.3 Å². The first-order valence-electron chi connectivity index (χ1n) is 7.81. The third kappa shape index (κ3) is 4.47. The fourth-order valence-corrected chi connectivity index (χ4v) is 3.29. The fraction of sp³-hybridized carbons (Fsp3) is 0.647. The molecule has 0 aromatic heterocycles. The van der Waals surface area contributed by atoms with E-state index < -0.39 is 0 Å². The van der Waals surface area contributed by atoms with Crippen molar-refractivity contribution in [2.24, 2.45) is 0 Å². The van der Waals surface area contributed by atoms with Gasteiger partial charge >= 0.3 is 0 Å². The van der Waals surface area contributed by atoms with Crippen molar-refractivity contribution in [1.82, 2.24) is 5.32 Å². The zero-order valence-corrected chi connectivity index (χ0v) is 13.4. The summed E-state index contributed by atoms with van der Waals surface area (Å²) < 4.78 is 5.70. The van der Waals surface area contributed by atoms with E-state index in [0.29, 0.717) is 12.1 Å². The fourth-order valence-electron chi connectivity index (χ4n) is 3.07. The summed E-state index contributed by atoms with van der Waals surface area (Å²) in [5.41, 5.74) is 2.66. The lowest BCUT2D eigenvalue weighted by Gasteiger charge is -2.21. The molecule has 0 radical (unpaired) electrons. The maximum Gasteiger partial charge on any atom is 0.0576 e. The molecule has 1 aromatic carbocycles. The Hall–Kier alpha value is -0.570. The minimum Gasteiger partial charge on any atom is -0.378 e. The highest BCUT2D eigenvalue weighted by Crippen LogP contribution is 2.26. The van der Waals surface area contributed by atoms with Gasteiger partial charge in [-0.3, -0.25) is 0 Å². The maximum absolute atomic E-state index is 6.05. The van der Waals surface area contributed by atoms with Gasteiger partial charge in [-0.25, -0.2) is 0 Å². The molecule has 1 saturated heterocycles. The molecule has 2 rings (SSSR count). The van der Waals surface area contributed by atoms with Crippen LogP contribution in [-0.4, -0.2) is 19.3 Å². The minimum absolute atomic E-state index is 0.429. The van der Waals surface area contributed by atoms with Crippen LogP contribution >= 0.6 is 11.6 Å². The number of rotatable bonds is 7. The van der Waals surface area contributed by atoms with E-state index in [1.165, 1.54) is 36.8 Å². The minimum atomic E-state index is 0.429. The Balaban J connectivity index is 1.91. The van der Waals surface area contributed by atoms with E-state index >= 15 is 0 Å². The molecule has 2 nitrogen and oxygen atoms in total. The summed E-state index contributed by atoms with van der Waals surface area (Å²) in [7, 11) is 0. The Bertz CT molecular complexity index is 415. The monoisotopic (exact) mass is 295 g/mol. The second kappa shape index (κ2) is 8.02. The van der Waals surface area contributed by atoms with Crippen molar-refractivity contribution >= 4 is 11.6 Å². The van der Waals surface area contributed by atoms with Gasteiger partial charge < -0.3 is 10.1 Å². The van der Waals surface area contributed by atoms with Gasteiger partial charge in [0.15, 0.2) is 0 Å². The van der Waals surface area contributed by atoms with Crippen molar-refractivity contribution in [3.63, 3.8) is 0 Å². The van der Waals surface area contributed by atoms with Gasteiger partial charge in [0.1, 0.15) is 0 Å². The van der Waals surface area contributed by atoms with Gasteiger partial charge in [-0.2, -0.15) is 0 Å². The molecule has 0 amide bonds. The molecule has 112 valence electrons. The number of benzene rings is 1. The molecular formula is C17H26ClNO. The summed E-state index contributed by atoms with van der Waals surface area (Å²) in [5, 5.41) is 4.42. The lowest BCUT2D eigenvalue weighted by atomic mass is 9.96. The zero-order chi connectivity index (χ0) is 14.4. The summed E-state index contributed by atoms with van der Waals surface area (Å²) in [6.45, 7) is 6.26. The van der Waals surface area contributed by atoms with Crippen LogP contribution in [0.5, 0.6) is 0 Å². The summed E-state index contributed by atoms with van der Waals surface area (Å²) >= 11 is 6.05. The van der Waals surface area contributed by atoms with Crippen LogP contribution in [0.3, 0.4) is 0 Å². The number of halogens is 1. The number of nitrogens with one attached hydrogen (secondary N) is 1. The molecule has 0 spiro atoms. The predicted octanol–water partition coefficient (Wildman–Crippen LogP) is 4.65. The van der Waals surface area contributed by atoms with Crippen molar-refractivity contribution in [3.8, 4) is 0 Å². The smallest absolute Gasteiger partial charge is 0.0576 e. The first-order valence-corrected chi connectivity index (χ1v) is 8.19. The van der Waals surface area contributed by atoms with Crippen molar-refractivity contribution < 1.29 is 4.74 Å². The first-order chi connectivity index (χ1) is 9.70. The molecule has 2 atom stereocenters. The van der Waals surface area contributed by atoms with Crippen LogP contribution in [0.25, 0.3) is 0 Å². The average molecular weight is 296 g/mol. The van der Waals surface area contributed by atoms with E-state index in [4.69, 9.17) is 16.3 Å². The number of ether oxygens (including phenoxy) is 1. The van der Waals surface area contributed by atoms with Crippen molar-refractivity contribution in [2.45, 2.75) is 58.1 Å². The summed E-state index contributed by atoms with van der Waals surface area (Å²) in [6, 6.07) is 6.64. The number of hydrogen-bond acceptors (Lipinski definition) is 2. The molecule has 20 heavy (non-hydrogen) atoms. The SMILES string of the molecule is CCNC(CCCC1CCCO1)c1ccc(Cl)cc1C. The molecule has 2 unspecified atom stereocenters. The number of aryl methyl sites for hydroxylation is 1. The zero-order valence-electron chi connectivity index (χ0n) is 12.6. The largest absolute Gasteiger partial charge is 0.378 e. The molecule has 0 saturated carbocycles. The Morgan fingerprint density at radius 2 is 2.30 bits per heavy atom. The summed E-state index contributed by atoms with van der Waals surface area (Å²) in [5.74, 6) is 0. The third-order valence-corrected chi connectivity index (χ3v) is 4.34. The molecule has 0 bridgehead atoms. The highest BCUT2D eigenvalue weighted by Gasteiger charge is 2.17. The van der Waals surface area contributed by atoms with Gasteiger partial charge in [-0.05, 0) is 68.8 Å². The lowest BCUT2D eigenvalue weighted by molar-refractivity contribution is 0.101. The number of hydrogen-bond donors (Lipinski definition) is 1. The van der Waals surface area contributed by atoms with Crippen LogP contribution in [0.15, 0.2) is 18.2 Å². The Kier molecular flexibility index (Phi) is 6.34. The molecular weight excluding hydrogens is 270 g/mol. The highest BCUT2D eigenvalue weighted by atomic mass is 35.5. The maximum atomic E-state index is 6.05. The van der Waals surface area contributed by atoms with Gasteiger partial charge in [-0.1, -0.05) is 24.6 Å². The van der Waals surface area contributed by atoms with E-state index in [2.05, 4.69) is 31.3 Å². The average Bonchev–Trinajstić information content (AvgIpc) is 2.91. The molecule has 1 N–H and O–H groups in total. The van der Waals surface area contributed by atoms with Gasteiger partial charge in [0.05, 0.1) is 6.10 Å². The van der Waals surface area contributed by atoms with E-state index in [0.717, 1.165) is 24.6 Å². The van der Waals surface area contributed by atoms with Crippen LogP contribution in [0.2, 0.25) is 5.02 Å². The second-order valence-electron chi connectivity index (χ2n) is 5.68. The van der Waals surface area contributed by atoms with E-state index in [1.54, 1.807) is 0 Å². The van der Waals surface area contributed by atoms with Crippen LogP contribution < -0.4 is 5.32 Å². The van der Waals surface area contributed by atoms with Gasteiger partial charge in [0.25, 0.3) is 0 Å². The Morgan fingerprint density at radius 1 is 1.45 bits per heavy atom. The van der Waals surface area contributed by atoms with E-state index in [-0.39, 0.29) is 0 Å². The van der Waals surface area contributed by atoms with Crippen molar-refractivity contribution in [2.75, 3.05) is 13.2 Å². The lowest BCUT2D eigenvalue weighted by Crippen LogP contribution is -2.22. The highest BCUT2D eigenvalue weighted by molar-refractivity contribution is 6.30. The molecule has 1 fully saturated rings. The molecule has 1 aliphatic rings. The third-order valence-electron chi connectivity index (χ3n) is 4.10. The van der Waals surface area contributed by atoms with Crippen LogP contribution in [0.1, 0.15) is 56.2 Å². The van der Waals surface area contributed by atoms with Crippen LogP contribution in [0, 0.1) is 6.92 Å². The van der Waals surface area contributed by atoms with Gasteiger partial charge in [0.2, 0.25) is 0 Å². The Labute approximate surface area is 127 Å². The van der Waals surface area contributed by atoms with E-state index in [1.807, 2.05) is 6.07 Å². The molecule has 1 aromatic rings. The second-order valence-corrected chi connectivity index (χ2v) is 6.11. The predicted molar refractivity (Wildman–Crippen MR) is 85.4 cm³/mol. The quantitative estimate of drug-likeness (QED) is 0.790. The molecule has 3 heteroatoms. The Morgan fingerprint density at radius 3 is 2.95 bits per heavy atom. The molecule has 1 aliphatic heterocycles.